The van der Waals surface area contributed by atoms with Gasteiger partial charge < -0.3 is 10.6 Å². The summed E-state index contributed by atoms with van der Waals surface area (Å²) >= 11 is 6.03. The second-order valence-electron chi connectivity index (χ2n) is 4.59. The summed E-state index contributed by atoms with van der Waals surface area (Å²) in [6.07, 6.45) is 1.76. The molecule has 1 aliphatic heterocycles. The van der Waals surface area contributed by atoms with Crippen LogP contribution in [0.15, 0.2) is 18.2 Å². The van der Waals surface area contributed by atoms with Gasteiger partial charge in [-0.15, -0.1) is 12.4 Å². The Kier molecular flexibility index (Phi) is 5.45. The SMILES string of the molecule is Cc1ccc(C(=O)N2CCC(N)CC2)cc1Cl.Cl. The third kappa shape index (κ3) is 3.37. The van der Waals surface area contributed by atoms with Gasteiger partial charge in [-0.2, -0.15) is 0 Å². The van der Waals surface area contributed by atoms with E-state index in [9.17, 15) is 4.79 Å². The summed E-state index contributed by atoms with van der Waals surface area (Å²) in [5.74, 6) is 0.0544. The molecular formula is C13H18Cl2N2O. The van der Waals surface area contributed by atoms with Crippen molar-refractivity contribution in [3.05, 3.63) is 34.3 Å². The number of carbonyl (C=O) groups excluding carboxylic acids is 1. The van der Waals surface area contributed by atoms with E-state index in [1.165, 1.54) is 0 Å². The van der Waals surface area contributed by atoms with E-state index in [4.69, 9.17) is 17.3 Å². The Bertz CT molecular complexity index is 429. The monoisotopic (exact) mass is 288 g/mol. The number of hydrogen-bond acceptors (Lipinski definition) is 2. The number of carbonyl (C=O) groups is 1. The van der Waals surface area contributed by atoms with E-state index < -0.39 is 0 Å². The number of piperidine rings is 1. The number of nitrogens with two attached hydrogens (primary N) is 1. The smallest absolute Gasteiger partial charge is 0.253 e. The largest absolute Gasteiger partial charge is 0.339 e. The van der Waals surface area contributed by atoms with Gasteiger partial charge in [0.2, 0.25) is 0 Å². The van der Waals surface area contributed by atoms with Gasteiger partial charge in [0, 0.05) is 29.7 Å². The van der Waals surface area contributed by atoms with E-state index in [1.54, 1.807) is 6.07 Å². The zero-order valence-corrected chi connectivity index (χ0v) is 11.9. The van der Waals surface area contributed by atoms with Crippen LogP contribution in [0.4, 0.5) is 0 Å². The van der Waals surface area contributed by atoms with Crippen LogP contribution in [0.1, 0.15) is 28.8 Å². The third-order valence-corrected chi connectivity index (χ3v) is 3.65. The Hall–Kier alpha value is -0.770. The number of nitrogens with zero attached hydrogens (tertiary/aromatic N) is 1. The maximum Gasteiger partial charge on any atom is 0.253 e. The topological polar surface area (TPSA) is 46.3 Å². The van der Waals surface area contributed by atoms with Gasteiger partial charge in [0.05, 0.1) is 0 Å². The Labute approximate surface area is 119 Å². The lowest BCUT2D eigenvalue weighted by atomic mass is 10.0. The summed E-state index contributed by atoms with van der Waals surface area (Å²) < 4.78 is 0. The van der Waals surface area contributed by atoms with Gasteiger partial charge in [-0.05, 0) is 37.5 Å². The first-order chi connectivity index (χ1) is 8.08. The van der Waals surface area contributed by atoms with Gasteiger partial charge in [-0.25, -0.2) is 0 Å². The summed E-state index contributed by atoms with van der Waals surface area (Å²) in [6.45, 7) is 3.41. The molecule has 5 heteroatoms. The summed E-state index contributed by atoms with van der Waals surface area (Å²) in [5, 5.41) is 0.643. The standard InChI is InChI=1S/C13H17ClN2O.ClH/c1-9-2-3-10(8-12(9)14)13(17)16-6-4-11(15)5-7-16;/h2-3,8,11H,4-7,15H2,1H3;1H. The molecule has 0 bridgehead atoms. The van der Waals surface area contributed by atoms with Gasteiger partial charge in [0.1, 0.15) is 0 Å². The fourth-order valence-corrected chi connectivity index (χ4v) is 2.19. The van der Waals surface area contributed by atoms with E-state index in [0.29, 0.717) is 10.6 Å². The number of amides is 1. The van der Waals surface area contributed by atoms with Crippen molar-refractivity contribution in [1.29, 1.82) is 0 Å². The normalized spacial score (nSPS) is 16.3. The molecular weight excluding hydrogens is 271 g/mol. The predicted octanol–water partition coefficient (Wildman–Crippen LogP) is 2.63. The lowest BCUT2D eigenvalue weighted by molar-refractivity contribution is 0.0715. The van der Waals surface area contributed by atoms with Crippen LogP contribution < -0.4 is 5.73 Å². The molecule has 1 amide bonds. The van der Waals surface area contributed by atoms with Gasteiger partial charge in [-0.1, -0.05) is 17.7 Å². The van der Waals surface area contributed by atoms with Crippen molar-refractivity contribution in [3.8, 4) is 0 Å². The van der Waals surface area contributed by atoms with Crippen molar-refractivity contribution in [2.24, 2.45) is 5.73 Å². The second kappa shape index (κ2) is 6.41. The van der Waals surface area contributed by atoms with Crippen LogP contribution in [-0.2, 0) is 0 Å². The summed E-state index contributed by atoms with van der Waals surface area (Å²) in [4.78, 5) is 14.0. The van der Waals surface area contributed by atoms with Crippen molar-refractivity contribution < 1.29 is 4.79 Å². The van der Waals surface area contributed by atoms with Crippen LogP contribution in [0.5, 0.6) is 0 Å². The quantitative estimate of drug-likeness (QED) is 0.864. The molecule has 0 radical (unpaired) electrons. The molecule has 18 heavy (non-hydrogen) atoms. The molecule has 1 aromatic carbocycles. The van der Waals surface area contributed by atoms with Crippen LogP contribution in [-0.4, -0.2) is 29.9 Å². The minimum Gasteiger partial charge on any atom is -0.339 e. The van der Waals surface area contributed by atoms with Gasteiger partial charge in [-0.3, -0.25) is 4.79 Å². The molecule has 1 aromatic rings. The molecule has 0 aromatic heterocycles. The molecule has 0 spiro atoms. The van der Waals surface area contributed by atoms with E-state index >= 15 is 0 Å². The number of rotatable bonds is 1. The van der Waals surface area contributed by atoms with Crippen LogP contribution in [0, 0.1) is 6.92 Å². The summed E-state index contributed by atoms with van der Waals surface area (Å²) in [6, 6.07) is 5.69. The molecule has 3 nitrogen and oxygen atoms in total. The highest BCUT2D eigenvalue weighted by atomic mass is 35.5. The van der Waals surface area contributed by atoms with E-state index in [-0.39, 0.29) is 24.4 Å². The maximum absolute atomic E-state index is 12.2. The van der Waals surface area contributed by atoms with E-state index in [2.05, 4.69) is 0 Å². The molecule has 100 valence electrons. The number of halogens is 2. The Morgan fingerprint density at radius 2 is 2.00 bits per heavy atom. The number of likely N-dealkylation sites (tertiary alicyclic amines) is 1. The number of benzene rings is 1. The van der Waals surface area contributed by atoms with Gasteiger partial charge >= 0.3 is 0 Å². The van der Waals surface area contributed by atoms with Gasteiger partial charge in [0.25, 0.3) is 5.91 Å². The highest BCUT2D eigenvalue weighted by molar-refractivity contribution is 6.31. The fourth-order valence-electron chi connectivity index (χ4n) is 2.01. The van der Waals surface area contributed by atoms with Crippen LogP contribution in [0.2, 0.25) is 5.02 Å². The van der Waals surface area contributed by atoms with Crippen LogP contribution in [0.25, 0.3) is 0 Å². The molecule has 2 rings (SSSR count). The fraction of sp³-hybridized carbons (Fsp3) is 0.462. The second-order valence-corrected chi connectivity index (χ2v) is 5.00. The van der Waals surface area contributed by atoms with Crippen LogP contribution >= 0.6 is 24.0 Å². The molecule has 2 N–H and O–H groups in total. The zero-order chi connectivity index (χ0) is 12.4. The molecule has 1 heterocycles. The van der Waals surface area contributed by atoms with E-state index in [1.807, 2.05) is 24.0 Å². The molecule has 0 atom stereocenters. The zero-order valence-electron chi connectivity index (χ0n) is 10.4. The molecule has 1 saturated heterocycles. The van der Waals surface area contributed by atoms with Crippen LogP contribution in [0.3, 0.4) is 0 Å². The highest BCUT2D eigenvalue weighted by Crippen LogP contribution is 2.19. The van der Waals surface area contributed by atoms with Crippen molar-refractivity contribution in [2.75, 3.05) is 13.1 Å². The van der Waals surface area contributed by atoms with Crippen molar-refractivity contribution >= 4 is 29.9 Å². The third-order valence-electron chi connectivity index (χ3n) is 3.25. The van der Waals surface area contributed by atoms with Crippen molar-refractivity contribution in [3.63, 3.8) is 0 Å². The lowest BCUT2D eigenvalue weighted by Gasteiger charge is -2.30. The Morgan fingerprint density at radius 3 is 2.56 bits per heavy atom. The predicted molar refractivity (Wildman–Crippen MR) is 76.5 cm³/mol. The average molecular weight is 289 g/mol. The number of hydrogen-bond donors (Lipinski definition) is 1. The summed E-state index contributed by atoms with van der Waals surface area (Å²) in [7, 11) is 0. The lowest BCUT2D eigenvalue weighted by Crippen LogP contribution is -2.42. The molecule has 0 aliphatic carbocycles. The van der Waals surface area contributed by atoms with Gasteiger partial charge in [0.15, 0.2) is 0 Å². The Balaban J connectivity index is 0.00000162. The highest BCUT2D eigenvalue weighted by Gasteiger charge is 2.21. The van der Waals surface area contributed by atoms with Crippen molar-refractivity contribution in [2.45, 2.75) is 25.8 Å². The molecule has 0 saturated carbocycles. The molecule has 1 aliphatic rings. The first kappa shape index (κ1) is 15.3. The first-order valence-corrected chi connectivity index (χ1v) is 6.26. The Morgan fingerprint density at radius 1 is 1.39 bits per heavy atom. The minimum absolute atomic E-state index is 0. The molecule has 1 fully saturated rings. The molecule has 0 unspecified atom stereocenters. The van der Waals surface area contributed by atoms with E-state index in [0.717, 1.165) is 31.5 Å². The number of aryl methyl sites for hydroxylation is 1. The maximum atomic E-state index is 12.2. The average Bonchev–Trinajstić information content (AvgIpc) is 2.33. The summed E-state index contributed by atoms with van der Waals surface area (Å²) in [5.41, 5.74) is 7.47. The minimum atomic E-state index is 0. The first-order valence-electron chi connectivity index (χ1n) is 5.89. The van der Waals surface area contributed by atoms with Crippen molar-refractivity contribution in [1.82, 2.24) is 4.90 Å².